The summed E-state index contributed by atoms with van der Waals surface area (Å²) in [7, 11) is -4.39. The molecule has 14 heteroatoms. The zero-order chi connectivity index (χ0) is 33.6. The van der Waals surface area contributed by atoms with Gasteiger partial charge in [-0.15, -0.1) is 11.3 Å². The normalized spacial score (nSPS) is 14.3. The molecule has 0 radical (unpaired) electrons. The van der Waals surface area contributed by atoms with Gasteiger partial charge in [0, 0.05) is 22.0 Å². The standard InChI is InChI=1S/C33H35N3O9S2/c1-3-43-29(38)20-36(19-23-8-7-17-46-23)31(39)30(35-47(41,42)24-12-13-26-22(18-24)11-14-28(37)34-26)25-9-5-6-10-27(25)45-21-33(15-16-33)32(40)44-4-2/h5-14,17-18,30,35H,3-4,15-16,19-21H2,1-2H3,(H,34,37)/t30-/m1/s1. The highest BCUT2D eigenvalue weighted by Crippen LogP contribution is 2.47. The van der Waals surface area contributed by atoms with Gasteiger partial charge in [-0.25, -0.2) is 8.42 Å². The molecule has 2 aromatic carbocycles. The molecule has 0 saturated heterocycles. The number of carbonyl (C=O) groups excluding carboxylic acids is 3. The van der Waals surface area contributed by atoms with E-state index in [0.717, 1.165) is 4.88 Å². The van der Waals surface area contributed by atoms with Crippen LogP contribution in [0.3, 0.4) is 0 Å². The van der Waals surface area contributed by atoms with Crippen molar-refractivity contribution in [3.8, 4) is 5.75 Å². The molecule has 0 bridgehead atoms. The Morgan fingerprint density at radius 1 is 1.00 bits per heavy atom. The van der Waals surface area contributed by atoms with Crippen molar-refractivity contribution in [3.05, 3.63) is 92.9 Å². The van der Waals surface area contributed by atoms with Crippen molar-refractivity contribution in [2.75, 3.05) is 26.4 Å². The lowest BCUT2D eigenvalue weighted by Crippen LogP contribution is -2.45. The molecule has 0 unspecified atom stereocenters. The second-order valence-corrected chi connectivity index (χ2v) is 13.8. The SMILES string of the molecule is CCOC(=O)CN(Cc1cccs1)C(=O)[C@H](NS(=O)(=O)c1ccc2[nH]c(=O)ccc2c1)c1ccccc1OCC1(C(=O)OCC)CC1. The van der Waals surface area contributed by atoms with Crippen molar-refractivity contribution >= 4 is 50.1 Å². The Balaban J connectivity index is 1.53. The minimum absolute atomic E-state index is 0.0197. The van der Waals surface area contributed by atoms with Crippen LogP contribution in [0.4, 0.5) is 0 Å². The maximum Gasteiger partial charge on any atom is 0.325 e. The van der Waals surface area contributed by atoms with Gasteiger partial charge in [-0.2, -0.15) is 4.72 Å². The maximum absolute atomic E-state index is 14.5. The third-order valence-electron chi connectivity index (χ3n) is 7.69. The van der Waals surface area contributed by atoms with Crippen molar-refractivity contribution in [3.63, 3.8) is 0 Å². The van der Waals surface area contributed by atoms with E-state index in [1.54, 1.807) is 50.2 Å². The number of amides is 1. The number of aromatic amines is 1. The first kappa shape index (κ1) is 33.8. The highest BCUT2D eigenvalue weighted by molar-refractivity contribution is 7.89. The number of H-pyrrole nitrogens is 1. The van der Waals surface area contributed by atoms with E-state index in [4.69, 9.17) is 14.2 Å². The van der Waals surface area contributed by atoms with Crippen molar-refractivity contribution < 1.29 is 37.0 Å². The Morgan fingerprint density at radius 2 is 1.77 bits per heavy atom. The molecule has 248 valence electrons. The fourth-order valence-corrected chi connectivity index (χ4v) is 6.95. The minimum atomic E-state index is -4.39. The lowest BCUT2D eigenvalue weighted by Gasteiger charge is -2.28. The maximum atomic E-state index is 14.5. The number of pyridine rings is 1. The number of sulfonamides is 1. The van der Waals surface area contributed by atoms with Crippen LogP contribution in [0, 0.1) is 5.41 Å². The van der Waals surface area contributed by atoms with Crippen molar-refractivity contribution in [2.24, 2.45) is 5.41 Å². The highest BCUT2D eigenvalue weighted by atomic mass is 32.2. The number of ether oxygens (including phenoxy) is 3. The summed E-state index contributed by atoms with van der Waals surface area (Å²) in [6.45, 7) is 3.26. The highest BCUT2D eigenvalue weighted by Gasteiger charge is 2.52. The Kier molecular flexibility index (Phi) is 10.4. The predicted octanol–water partition coefficient (Wildman–Crippen LogP) is 3.92. The summed E-state index contributed by atoms with van der Waals surface area (Å²) in [6.07, 6.45) is 1.15. The van der Waals surface area contributed by atoms with E-state index in [0.29, 0.717) is 23.7 Å². The van der Waals surface area contributed by atoms with Gasteiger partial charge in [-0.05, 0) is 73.9 Å². The molecular weight excluding hydrogens is 647 g/mol. The molecule has 0 spiro atoms. The van der Waals surface area contributed by atoms with E-state index < -0.39 is 39.9 Å². The van der Waals surface area contributed by atoms with E-state index in [1.165, 1.54) is 46.6 Å². The Labute approximate surface area is 275 Å². The first-order chi connectivity index (χ1) is 22.5. The Bertz CT molecular complexity index is 1920. The molecule has 47 heavy (non-hydrogen) atoms. The number of rotatable bonds is 15. The van der Waals surface area contributed by atoms with Crippen LogP contribution in [-0.2, 0) is 40.4 Å². The van der Waals surface area contributed by atoms with E-state index in [2.05, 4.69) is 9.71 Å². The van der Waals surface area contributed by atoms with Gasteiger partial charge in [0.05, 0.1) is 24.7 Å². The smallest absolute Gasteiger partial charge is 0.325 e. The Morgan fingerprint density at radius 3 is 2.47 bits per heavy atom. The van der Waals surface area contributed by atoms with Gasteiger partial charge in [0.2, 0.25) is 21.5 Å². The van der Waals surface area contributed by atoms with Crippen LogP contribution in [-0.4, -0.2) is 62.5 Å². The third-order valence-corrected chi connectivity index (χ3v) is 9.97. The molecule has 12 nitrogen and oxygen atoms in total. The molecule has 1 saturated carbocycles. The number of carbonyl (C=O) groups is 3. The van der Waals surface area contributed by atoms with Crippen molar-refractivity contribution in [2.45, 2.75) is 44.2 Å². The molecule has 1 aliphatic rings. The van der Waals surface area contributed by atoms with Gasteiger partial charge in [-0.3, -0.25) is 19.2 Å². The van der Waals surface area contributed by atoms with Crippen LogP contribution in [0.2, 0.25) is 0 Å². The van der Waals surface area contributed by atoms with Crippen LogP contribution >= 0.6 is 11.3 Å². The number of thiophene rings is 1. The molecule has 1 aliphatic carbocycles. The van der Waals surface area contributed by atoms with Crippen LogP contribution in [0.15, 0.2) is 81.8 Å². The monoisotopic (exact) mass is 681 g/mol. The van der Waals surface area contributed by atoms with E-state index in [1.807, 2.05) is 5.38 Å². The number of hydrogen-bond donors (Lipinski definition) is 2. The van der Waals surface area contributed by atoms with Gasteiger partial charge in [-0.1, -0.05) is 24.3 Å². The number of fused-ring (bicyclic) bond motifs is 1. The van der Waals surface area contributed by atoms with Gasteiger partial charge >= 0.3 is 11.9 Å². The molecule has 2 N–H and O–H groups in total. The predicted molar refractivity (Wildman–Crippen MR) is 174 cm³/mol. The van der Waals surface area contributed by atoms with Gasteiger partial charge < -0.3 is 24.1 Å². The quantitative estimate of drug-likeness (QED) is 0.177. The molecule has 1 atom stereocenters. The summed E-state index contributed by atoms with van der Waals surface area (Å²) in [5.74, 6) is -1.56. The molecule has 2 heterocycles. The van der Waals surface area contributed by atoms with Gasteiger partial charge in [0.1, 0.15) is 30.4 Å². The van der Waals surface area contributed by atoms with Crippen molar-refractivity contribution in [1.82, 2.24) is 14.6 Å². The lowest BCUT2D eigenvalue weighted by atomic mass is 10.0. The van der Waals surface area contributed by atoms with Crippen LogP contribution in [0.25, 0.3) is 10.9 Å². The summed E-state index contributed by atoms with van der Waals surface area (Å²) < 4.78 is 46.9. The molecule has 1 fully saturated rings. The third kappa shape index (κ3) is 8.07. The summed E-state index contributed by atoms with van der Waals surface area (Å²) >= 11 is 1.38. The number of benzene rings is 2. The lowest BCUT2D eigenvalue weighted by molar-refractivity contribution is -0.151. The summed E-state index contributed by atoms with van der Waals surface area (Å²) in [5, 5.41) is 2.30. The van der Waals surface area contributed by atoms with Crippen LogP contribution in [0.5, 0.6) is 5.75 Å². The Hall–Kier alpha value is -4.53. The number of esters is 2. The number of para-hydroxylation sites is 1. The molecule has 2 aromatic heterocycles. The number of nitrogens with one attached hydrogen (secondary N) is 2. The van der Waals surface area contributed by atoms with E-state index >= 15 is 0 Å². The van der Waals surface area contributed by atoms with E-state index in [-0.39, 0.29) is 54.1 Å². The molecular formula is C33H35N3O9S2. The summed E-state index contributed by atoms with van der Waals surface area (Å²) in [6, 6.07) is 15.5. The fraction of sp³-hybridized carbons (Fsp3) is 0.333. The molecule has 5 rings (SSSR count). The first-order valence-corrected chi connectivity index (χ1v) is 17.4. The fourth-order valence-electron chi connectivity index (χ4n) is 5.03. The number of aromatic nitrogens is 1. The average Bonchev–Trinajstić information content (AvgIpc) is 3.68. The zero-order valence-corrected chi connectivity index (χ0v) is 27.5. The summed E-state index contributed by atoms with van der Waals surface area (Å²) in [4.78, 5) is 56.0. The first-order valence-electron chi connectivity index (χ1n) is 15.1. The average molecular weight is 682 g/mol. The van der Waals surface area contributed by atoms with Crippen molar-refractivity contribution in [1.29, 1.82) is 0 Å². The van der Waals surface area contributed by atoms with Crippen LogP contribution in [0.1, 0.15) is 43.2 Å². The second kappa shape index (κ2) is 14.5. The largest absolute Gasteiger partial charge is 0.492 e. The number of hydrogen-bond acceptors (Lipinski definition) is 10. The summed E-state index contributed by atoms with van der Waals surface area (Å²) in [5.41, 5.74) is -0.527. The minimum Gasteiger partial charge on any atom is -0.492 e. The molecule has 4 aromatic rings. The van der Waals surface area contributed by atoms with E-state index in [9.17, 15) is 27.6 Å². The topological polar surface area (TPSA) is 161 Å². The second-order valence-electron chi connectivity index (χ2n) is 11.0. The van der Waals surface area contributed by atoms with Gasteiger partial charge in [0.15, 0.2) is 0 Å². The molecule has 1 amide bonds. The van der Waals surface area contributed by atoms with Crippen LogP contribution < -0.4 is 15.0 Å². The van der Waals surface area contributed by atoms with Gasteiger partial charge in [0.25, 0.3) is 0 Å². The number of nitrogens with zero attached hydrogens (tertiary/aromatic N) is 1. The molecule has 0 aliphatic heterocycles. The zero-order valence-electron chi connectivity index (χ0n) is 25.9.